The van der Waals surface area contributed by atoms with Crippen LogP contribution in [0.15, 0.2) is 36.4 Å². The molecule has 2 aromatic rings. The highest BCUT2D eigenvalue weighted by atomic mass is 35.5. The van der Waals surface area contributed by atoms with Gasteiger partial charge < -0.3 is 10.8 Å². The van der Waals surface area contributed by atoms with E-state index >= 15 is 0 Å². The van der Waals surface area contributed by atoms with Crippen molar-refractivity contribution in [1.82, 2.24) is 0 Å². The summed E-state index contributed by atoms with van der Waals surface area (Å²) in [4.78, 5) is 0. The van der Waals surface area contributed by atoms with Crippen molar-refractivity contribution in [2.24, 2.45) is 5.73 Å². The lowest BCUT2D eigenvalue weighted by Gasteiger charge is -2.06. The van der Waals surface area contributed by atoms with Gasteiger partial charge in [-0.25, -0.2) is 4.39 Å². The van der Waals surface area contributed by atoms with Crippen LogP contribution in [-0.4, -0.2) is 11.1 Å². The normalized spacial score (nSPS) is 20.4. The predicted octanol–water partition coefficient (Wildman–Crippen LogP) is 4.09. The van der Waals surface area contributed by atoms with Crippen molar-refractivity contribution in [1.29, 1.82) is 0 Å². The number of phenols is 1. The van der Waals surface area contributed by atoms with Gasteiger partial charge in [-0.05, 0) is 35.2 Å². The smallest absolute Gasteiger partial charge is 0.183 e. The van der Waals surface area contributed by atoms with Gasteiger partial charge in [0.2, 0.25) is 0 Å². The van der Waals surface area contributed by atoms with Crippen molar-refractivity contribution in [2.75, 3.05) is 0 Å². The fraction of sp³-hybridized carbons (Fsp3) is 0.200. The molecule has 2 nitrogen and oxygen atoms in total. The van der Waals surface area contributed by atoms with E-state index in [1.54, 1.807) is 0 Å². The monoisotopic (exact) mass is 313 g/mol. The zero-order chi connectivity index (χ0) is 13.6. The highest BCUT2D eigenvalue weighted by Crippen LogP contribution is 2.39. The van der Waals surface area contributed by atoms with Gasteiger partial charge in [0.05, 0.1) is 5.02 Å². The molecular formula is C15H14Cl2FNO. The van der Waals surface area contributed by atoms with Crippen LogP contribution >= 0.6 is 24.0 Å². The van der Waals surface area contributed by atoms with Crippen LogP contribution in [0.4, 0.5) is 4.39 Å². The lowest BCUT2D eigenvalue weighted by Crippen LogP contribution is -2.00. The molecule has 1 aliphatic rings. The third kappa shape index (κ3) is 2.75. The van der Waals surface area contributed by atoms with E-state index in [0.29, 0.717) is 11.5 Å². The van der Waals surface area contributed by atoms with Crippen LogP contribution in [0.1, 0.15) is 17.9 Å². The summed E-state index contributed by atoms with van der Waals surface area (Å²) >= 11 is 5.73. The summed E-state index contributed by atoms with van der Waals surface area (Å²) in [7, 11) is 0. The standard InChI is InChI=1S/C15H13ClFNO.ClH/c16-12-5-10(6-14(19)15(12)17)8-1-3-9(4-2-8)11-7-13(11)18;/h1-6,11,13,19H,7,18H2;1H. The zero-order valence-electron chi connectivity index (χ0n) is 10.5. The number of halogens is 3. The van der Waals surface area contributed by atoms with Crippen molar-refractivity contribution in [2.45, 2.75) is 18.4 Å². The lowest BCUT2D eigenvalue weighted by molar-refractivity contribution is 0.433. The van der Waals surface area contributed by atoms with Gasteiger partial charge in [0.15, 0.2) is 11.6 Å². The van der Waals surface area contributed by atoms with Crippen LogP contribution in [-0.2, 0) is 0 Å². The molecule has 0 saturated heterocycles. The zero-order valence-corrected chi connectivity index (χ0v) is 12.1. The van der Waals surface area contributed by atoms with Crippen molar-refractivity contribution < 1.29 is 9.50 Å². The van der Waals surface area contributed by atoms with E-state index in [1.165, 1.54) is 17.7 Å². The molecule has 1 saturated carbocycles. The molecule has 0 spiro atoms. The molecule has 5 heteroatoms. The molecule has 3 rings (SSSR count). The van der Waals surface area contributed by atoms with Crippen LogP contribution in [0.25, 0.3) is 11.1 Å². The fourth-order valence-corrected chi connectivity index (χ4v) is 2.48. The molecule has 0 bridgehead atoms. The summed E-state index contributed by atoms with van der Waals surface area (Å²) in [5.41, 5.74) is 8.60. The van der Waals surface area contributed by atoms with Gasteiger partial charge in [0.25, 0.3) is 0 Å². The number of hydrogen-bond donors (Lipinski definition) is 2. The number of phenolic OH excluding ortho intramolecular Hbond substituents is 1. The van der Waals surface area contributed by atoms with Crippen LogP contribution < -0.4 is 5.73 Å². The Morgan fingerprint density at radius 2 is 1.75 bits per heavy atom. The van der Waals surface area contributed by atoms with Crippen LogP contribution in [0, 0.1) is 5.82 Å². The summed E-state index contributed by atoms with van der Waals surface area (Å²) in [6.07, 6.45) is 1.03. The van der Waals surface area contributed by atoms with E-state index in [0.717, 1.165) is 12.0 Å². The largest absolute Gasteiger partial charge is 0.505 e. The van der Waals surface area contributed by atoms with E-state index in [-0.39, 0.29) is 23.5 Å². The van der Waals surface area contributed by atoms with Gasteiger partial charge in [-0.1, -0.05) is 35.9 Å². The molecule has 1 aliphatic carbocycles. The predicted molar refractivity (Wildman–Crippen MR) is 81.1 cm³/mol. The van der Waals surface area contributed by atoms with E-state index in [1.807, 2.05) is 24.3 Å². The Balaban J connectivity index is 0.00000147. The van der Waals surface area contributed by atoms with Gasteiger partial charge in [-0.15, -0.1) is 12.4 Å². The fourth-order valence-electron chi connectivity index (χ4n) is 2.26. The maximum Gasteiger partial charge on any atom is 0.183 e. The highest BCUT2D eigenvalue weighted by molar-refractivity contribution is 6.31. The summed E-state index contributed by atoms with van der Waals surface area (Å²) < 4.78 is 13.3. The second kappa shape index (κ2) is 5.60. The molecule has 0 radical (unpaired) electrons. The summed E-state index contributed by atoms with van der Waals surface area (Å²) in [5, 5.41) is 9.37. The lowest BCUT2D eigenvalue weighted by atomic mass is 10.0. The average molecular weight is 314 g/mol. The molecule has 0 heterocycles. The van der Waals surface area contributed by atoms with Crippen molar-refractivity contribution in [3.8, 4) is 16.9 Å². The molecule has 0 amide bonds. The Morgan fingerprint density at radius 3 is 2.25 bits per heavy atom. The Bertz CT molecular complexity index is 607. The summed E-state index contributed by atoms with van der Waals surface area (Å²) in [6.45, 7) is 0. The van der Waals surface area contributed by atoms with Crippen molar-refractivity contribution in [3.05, 3.63) is 52.8 Å². The molecule has 20 heavy (non-hydrogen) atoms. The molecule has 1 fully saturated rings. The second-order valence-electron chi connectivity index (χ2n) is 4.92. The SMILES string of the molecule is Cl.NC1CC1c1ccc(-c2cc(O)c(F)c(Cl)c2)cc1. The molecule has 0 aliphatic heterocycles. The van der Waals surface area contributed by atoms with Crippen molar-refractivity contribution in [3.63, 3.8) is 0 Å². The summed E-state index contributed by atoms with van der Waals surface area (Å²) in [6, 6.07) is 11.1. The Morgan fingerprint density at radius 1 is 1.15 bits per heavy atom. The first-order valence-electron chi connectivity index (χ1n) is 6.10. The molecule has 2 aromatic carbocycles. The first-order valence-corrected chi connectivity index (χ1v) is 6.48. The minimum Gasteiger partial charge on any atom is -0.505 e. The minimum atomic E-state index is -0.786. The number of benzene rings is 2. The van der Waals surface area contributed by atoms with Gasteiger partial charge in [0.1, 0.15) is 0 Å². The average Bonchev–Trinajstić information content (AvgIpc) is 3.13. The number of nitrogens with two attached hydrogens (primary N) is 1. The van der Waals surface area contributed by atoms with Crippen LogP contribution in [0.2, 0.25) is 5.02 Å². The van der Waals surface area contributed by atoms with Crippen molar-refractivity contribution >= 4 is 24.0 Å². The minimum absolute atomic E-state index is 0. The van der Waals surface area contributed by atoms with Gasteiger partial charge in [0, 0.05) is 12.0 Å². The van der Waals surface area contributed by atoms with Gasteiger partial charge in [-0.2, -0.15) is 0 Å². The third-order valence-corrected chi connectivity index (χ3v) is 3.80. The molecule has 2 atom stereocenters. The molecule has 106 valence electrons. The first kappa shape index (κ1) is 15.1. The van der Waals surface area contributed by atoms with E-state index in [2.05, 4.69) is 0 Å². The Hall–Kier alpha value is -1.29. The van der Waals surface area contributed by atoms with Crippen LogP contribution in [0.5, 0.6) is 5.75 Å². The number of hydrogen-bond acceptors (Lipinski definition) is 2. The molecule has 0 aromatic heterocycles. The van der Waals surface area contributed by atoms with E-state index < -0.39 is 11.6 Å². The highest BCUT2D eigenvalue weighted by Gasteiger charge is 2.34. The van der Waals surface area contributed by atoms with E-state index in [4.69, 9.17) is 17.3 Å². The topological polar surface area (TPSA) is 46.2 Å². The molecule has 2 unspecified atom stereocenters. The molecular weight excluding hydrogens is 300 g/mol. The van der Waals surface area contributed by atoms with E-state index in [9.17, 15) is 9.50 Å². The Kier molecular flexibility index (Phi) is 4.23. The molecule has 3 N–H and O–H groups in total. The second-order valence-corrected chi connectivity index (χ2v) is 5.33. The summed E-state index contributed by atoms with van der Waals surface area (Å²) in [5.74, 6) is -0.763. The van der Waals surface area contributed by atoms with Crippen LogP contribution in [0.3, 0.4) is 0 Å². The van der Waals surface area contributed by atoms with Gasteiger partial charge >= 0.3 is 0 Å². The number of rotatable bonds is 2. The maximum absolute atomic E-state index is 13.3. The first-order chi connectivity index (χ1) is 9.06. The van der Waals surface area contributed by atoms with Gasteiger partial charge in [-0.3, -0.25) is 0 Å². The Labute approximate surface area is 127 Å². The quantitative estimate of drug-likeness (QED) is 0.877. The number of aromatic hydroxyl groups is 1. The third-order valence-electron chi connectivity index (χ3n) is 3.52. The maximum atomic E-state index is 13.3.